The molecule has 9 heteroatoms. The molecule has 0 bridgehead atoms. The van der Waals surface area contributed by atoms with Crippen LogP contribution < -0.4 is 14.5 Å². The fraction of sp³-hybridized carbons (Fsp3) is 0.100. The van der Waals surface area contributed by atoms with Crippen LogP contribution in [-0.2, 0) is 14.8 Å². The second kappa shape index (κ2) is 9.35. The number of hydrazone groups is 1. The van der Waals surface area contributed by atoms with E-state index in [-0.39, 0.29) is 4.90 Å². The summed E-state index contributed by atoms with van der Waals surface area (Å²) in [6.45, 7) is -0.438. The van der Waals surface area contributed by atoms with Crippen LogP contribution in [0.4, 0.5) is 5.69 Å². The van der Waals surface area contributed by atoms with Crippen molar-refractivity contribution >= 4 is 39.2 Å². The molecule has 150 valence electrons. The van der Waals surface area contributed by atoms with E-state index in [1.807, 2.05) is 17.5 Å². The van der Waals surface area contributed by atoms with Crippen LogP contribution in [0.15, 0.2) is 82.1 Å². The normalized spacial score (nSPS) is 11.3. The number of hydrogen-bond donors (Lipinski definition) is 1. The lowest BCUT2D eigenvalue weighted by Crippen LogP contribution is -2.39. The number of rotatable bonds is 8. The van der Waals surface area contributed by atoms with Crippen molar-refractivity contribution in [2.75, 3.05) is 18.0 Å². The molecule has 0 saturated heterocycles. The Balaban J connectivity index is 1.87. The van der Waals surface area contributed by atoms with Crippen molar-refractivity contribution in [3.8, 4) is 5.75 Å². The molecule has 0 spiro atoms. The van der Waals surface area contributed by atoms with E-state index in [0.717, 1.165) is 9.18 Å². The molecule has 0 fully saturated rings. The highest BCUT2D eigenvalue weighted by molar-refractivity contribution is 7.92. The van der Waals surface area contributed by atoms with Crippen LogP contribution in [0.3, 0.4) is 0 Å². The minimum Gasteiger partial charge on any atom is -0.497 e. The molecule has 0 saturated carbocycles. The third kappa shape index (κ3) is 5.21. The van der Waals surface area contributed by atoms with Crippen molar-refractivity contribution in [2.45, 2.75) is 4.90 Å². The Morgan fingerprint density at radius 1 is 1.14 bits per heavy atom. The van der Waals surface area contributed by atoms with E-state index in [0.29, 0.717) is 11.4 Å². The maximum atomic E-state index is 13.2. The van der Waals surface area contributed by atoms with Crippen molar-refractivity contribution in [3.63, 3.8) is 0 Å². The summed E-state index contributed by atoms with van der Waals surface area (Å²) < 4.78 is 32.6. The van der Waals surface area contributed by atoms with Gasteiger partial charge in [-0.2, -0.15) is 5.10 Å². The zero-order valence-corrected chi connectivity index (χ0v) is 17.2. The van der Waals surface area contributed by atoms with Crippen molar-refractivity contribution in [1.29, 1.82) is 0 Å². The molecule has 2 aromatic carbocycles. The quantitative estimate of drug-likeness (QED) is 0.440. The lowest BCUT2D eigenvalue weighted by Gasteiger charge is -2.24. The Morgan fingerprint density at radius 3 is 2.62 bits per heavy atom. The number of methoxy groups -OCH3 is 1. The van der Waals surface area contributed by atoms with Gasteiger partial charge in [-0.1, -0.05) is 30.3 Å². The van der Waals surface area contributed by atoms with E-state index in [1.165, 1.54) is 36.8 Å². The molecule has 1 aromatic heterocycles. The first-order valence-corrected chi connectivity index (χ1v) is 10.9. The SMILES string of the molecule is COc1cccc(N(CC(=O)N/N=C\c2cccs2)S(=O)(=O)c2ccccc2)c1. The van der Waals surface area contributed by atoms with Crippen molar-refractivity contribution < 1.29 is 17.9 Å². The van der Waals surface area contributed by atoms with Crippen molar-refractivity contribution in [3.05, 3.63) is 77.0 Å². The van der Waals surface area contributed by atoms with Crippen LogP contribution in [0.2, 0.25) is 0 Å². The number of carbonyl (C=O) groups is 1. The van der Waals surface area contributed by atoms with Gasteiger partial charge in [0.2, 0.25) is 0 Å². The van der Waals surface area contributed by atoms with Gasteiger partial charge in [-0.25, -0.2) is 13.8 Å². The molecular formula is C20H19N3O4S2. The van der Waals surface area contributed by atoms with E-state index in [2.05, 4.69) is 10.5 Å². The Hall–Kier alpha value is -3.17. The van der Waals surface area contributed by atoms with Crippen LogP contribution in [0.25, 0.3) is 0 Å². The van der Waals surface area contributed by atoms with Crippen LogP contribution in [0.5, 0.6) is 5.75 Å². The van der Waals surface area contributed by atoms with Gasteiger partial charge < -0.3 is 4.74 Å². The summed E-state index contributed by atoms with van der Waals surface area (Å²) >= 11 is 1.47. The summed E-state index contributed by atoms with van der Waals surface area (Å²) in [5.74, 6) is -0.0907. The predicted octanol–water partition coefficient (Wildman–Crippen LogP) is 3.10. The smallest absolute Gasteiger partial charge is 0.264 e. The number of hydrogen-bond acceptors (Lipinski definition) is 6. The molecule has 1 heterocycles. The van der Waals surface area contributed by atoms with E-state index in [1.54, 1.807) is 42.5 Å². The summed E-state index contributed by atoms with van der Waals surface area (Å²) in [6, 6.07) is 18.2. The molecule has 0 radical (unpaired) electrons. The molecule has 0 aliphatic heterocycles. The van der Waals surface area contributed by atoms with Crippen LogP contribution >= 0.6 is 11.3 Å². The number of ether oxygens (including phenoxy) is 1. The summed E-state index contributed by atoms with van der Waals surface area (Å²) in [4.78, 5) is 13.4. The Labute approximate surface area is 173 Å². The van der Waals surface area contributed by atoms with E-state index >= 15 is 0 Å². The zero-order chi connectivity index (χ0) is 20.7. The Kier molecular flexibility index (Phi) is 6.63. The molecule has 1 amide bonds. The third-order valence-electron chi connectivity index (χ3n) is 3.88. The van der Waals surface area contributed by atoms with Gasteiger partial charge in [-0.05, 0) is 35.7 Å². The fourth-order valence-electron chi connectivity index (χ4n) is 2.50. The average Bonchev–Trinajstić information content (AvgIpc) is 3.26. The molecule has 0 aliphatic rings. The highest BCUT2D eigenvalue weighted by Gasteiger charge is 2.27. The number of sulfonamides is 1. The number of anilines is 1. The number of amides is 1. The second-order valence-corrected chi connectivity index (χ2v) is 8.68. The van der Waals surface area contributed by atoms with E-state index in [4.69, 9.17) is 4.74 Å². The molecule has 0 unspecified atom stereocenters. The summed E-state index contributed by atoms with van der Waals surface area (Å²) in [5.41, 5.74) is 2.68. The van der Waals surface area contributed by atoms with Gasteiger partial charge in [0.15, 0.2) is 0 Å². The summed E-state index contributed by atoms with van der Waals surface area (Å²) in [7, 11) is -2.49. The molecule has 1 N–H and O–H groups in total. The standard InChI is InChI=1S/C20H19N3O4S2/c1-27-17-8-5-7-16(13-17)23(29(25,26)19-10-3-2-4-11-19)15-20(24)22-21-14-18-9-6-12-28-18/h2-14H,15H2,1H3,(H,22,24)/b21-14-. The number of benzene rings is 2. The minimum atomic E-state index is -3.98. The molecule has 3 aromatic rings. The minimum absolute atomic E-state index is 0.0812. The van der Waals surface area contributed by atoms with Crippen LogP contribution in [-0.4, -0.2) is 34.2 Å². The number of carbonyl (C=O) groups excluding carboxylic acids is 1. The largest absolute Gasteiger partial charge is 0.497 e. The van der Waals surface area contributed by atoms with Gasteiger partial charge >= 0.3 is 0 Å². The lowest BCUT2D eigenvalue weighted by molar-refractivity contribution is -0.119. The molecule has 0 atom stereocenters. The van der Waals surface area contributed by atoms with Crippen molar-refractivity contribution in [1.82, 2.24) is 5.43 Å². The topological polar surface area (TPSA) is 88.1 Å². The average molecular weight is 430 g/mol. The maximum Gasteiger partial charge on any atom is 0.264 e. The number of nitrogens with one attached hydrogen (secondary N) is 1. The van der Waals surface area contributed by atoms with Gasteiger partial charge in [-0.15, -0.1) is 11.3 Å². The molecule has 0 aliphatic carbocycles. The fourth-order valence-corrected chi connectivity index (χ4v) is 4.52. The van der Waals surface area contributed by atoms with Gasteiger partial charge in [0.25, 0.3) is 15.9 Å². The maximum absolute atomic E-state index is 13.2. The van der Waals surface area contributed by atoms with E-state index < -0.39 is 22.5 Å². The highest BCUT2D eigenvalue weighted by atomic mass is 32.2. The summed E-state index contributed by atoms with van der Waals surface area (Å²) in [5, 5.41) is 5.78. The summed E-state index contributed by atoms with van der Waals surface area (Å²) in [6.07, 6.45) is 1.50. The van der Waals surface area contributed by atoms with Gasteiger partial charge in [0, 0.05) is 10.9 Å². The molecule has 29 heavy (non-hydrogen) atoms. The van der Waals surface area contributed by atoms with Gasteiger partial charge in [0.05, 0.1) is 23.9 Å². The van der Waals surface area contributed by atoms with Crippen LogP contribution in [0, 0.1) is 0 Å². The highest BCUT2D eigenvalue weighted by Crippen LogP contribution is 2.26. The Morgan fingerprint density at radius 2 is 1.93 bits per heavy atom. The van der Waals surface area contributed by atoms with E-state index in [9.17, 15) is 13.2 Å². The monoisotopic (exact) mass is 429 g/mol. The first kappa shape index (κ1) is 20.6. The first-order chi connectivity index (χ1) is 14.0. The first-order valence-electron chi connectivity index (χ1n) is 8.58. The van der Waals surface area contributed by atoms with Gasteiger partial charge in [-0.3, -0.25) is 9.10 Å². The lowest BCUT2D eigenvalue weighted by atomic mass is 10.3. The second-order valence-electron chi connectivity index (χ2n) is 5.83. The number of thiophene rings is 1. The number of nitrogens with zero attached hydrogens (tertiary/aromatic N) is 2. The molecular weight excluding hydrogens is 410 g/mol. The third-order valence-corrected chi connectivity index (χ3v) is 6.48. The van der Waals surface area contributed by atoms with Gasteiger partial charge in [0.1, 0.15) is 12.3 Å². The zero-order valence-electron chi connectivity index (χ0n) is 15.6. The van der Waals surface area contributed by atoms with Crippen LogP contribution in [0.1, 0.15) is 4.88 Å². The predicted molar refractivity (Wildman–Crippen MR) is 114 cm³/mol. The molecule has 3 rings (SSSR count). The Bertz CT molecular complexity index is 1080. The van der Waals surface area contributed by atoms with Crippen molar-refractivity contribution in [2.24, 2.45) is 5.10 Å². The molecule has 7 nitrogen and oxygen atoms in total.